The second-order valence-corrected chi connectivity index (χ2v) is 13.4. The summed E-state index contributed by atoms with van der Waals surface area (Å²) in [5.74, 6) is 1.20. The Kier molecular flexibility index (Phi) is 11.7. The van der Waals surface area contributed by atoms with Gasteiger partial charge in [-0.3, -0.25) is 9.59 Å². The molecule has 6 rings (SSSR count). The van der Waals surface area contributed by atoms with Crippen molar-refractivity contribution in [2.45, 2.75) is 65.1 Å². The molecule has 15 heteroatoms. The molecule has 0 bridgehead atoms. The number of fused-ring (bicyclic) bond motifs is 1. The molecule has 53 heavy (non-hydrogen) atoms. The standard InChI is InChI=1S/C38H47N9O6/c1-5-52-37(50)43-23(3)34(48)46-15-13-25(22-46)18-40-36-41-19-30(20-42-36)28-10-9-27-17-29(12-11-26(27)16-28)31-21-39-33(45-31)32-8-7-14-47(32)35(49)24(4)44-38(51)53-6-2/h9-12,16-17,19-21,23-25,32H,5-8,13-15,18,22H2,1-4H3,(H,39,45)(H,43,50)(H,44,51)(H,40,41,42)/t23?,24?,25-,32-/m1/s1. The van der Waals surface area contributed by atoms with Crippen molar-refractivity contribution in [1.82, 2.24) is 40.4 Å². The van der Waals surface area contributed by atoms with Gasteiger partial charge in [-0.15, -0.1) is 0 Å². The van der Waals surface area contributed by atoms with Gasteiger partial charge in [-0.05, 0) is 81.3 Å². The predicted molar refractivity (Wildman–Crippen MR) is 199 cm³/mol. The Hall–Kier alpha value is -5.73. The van der Waals surface area contributed by atoms with E-state index in [0.717, 1.165) is 58.2 Å². The van der Waals surface area contributed by atoms with Gasteiger partial charge in [0.05, 0.1) is 31.1 Å². The lowest BCUT2D eigenvalue weighted by atomic mass is 10.0. The summed E-state index contributed by atoms with van der Waals surface area (Å²) >= 11 is 0. The number of hydrogen-bond acceptors (Lipinski definition) is 10. The van der Waals surface area contributed by atoms with E-state index in [0.29, 0.717) is 32.1 Å². The van der Waals surface area contributed by atoms with Crippen molar-refractivity contribution in [3.63, 3.8) is 0 Å². The van der Waals surface area contributed by atoms with E-state index in [1.54, 1.807) is 56.1 Å². The molecule has 2 aliphatic rings. The van der Waals surface area contributed by atoms with Gasteiger partial charge in [-0.1, -0.05) is 24.3 Å². The van der Waals surface area contributed by atoms with Crippen LogP contribution in [0.2, 0.25) is 0 Å². The SMILES string of the molecule is CCOC(=O)NC(C)C(=O)N1CC[C@H](CNc2ncc(-c3ccc4cc(-c5cnc([C@H]6CCCN6C(=O)C(C)NC(=O)OCC)[nH]5)ccc4c3)cn2)C1. The lowest BCUT2D eigenvalue weighted by Crippen LogP contribution is -2.46. The van der Waals surface area contributed by atoms with E-state index in [2.05, 4.69) is 60.2 Å². The number of ether oxygens (including phenoxy) is 2. The molecule has 4 aromatic rings. The molecule has 0 radical (unpaired) electrons. The summed E-state index contributed by atoms with van der Waals surface area (Å²) < 4.78 is 9.81. The monoisotopic (exact) mass is 725 g/mol. The van der Waals surface area contributed by atoms with Gasteiger partial charge in [-0.2, -0.15) is 0 Å². The summed E-state index contributed by atoms with van der Waals surface area (Å²) in [6, 6.07) is 10.9. The van der Waals surface area contributed by atoms with E-state index >= 15 is 0 Å². The third-order valence-corrected chi connectivity index (χ3v) is 9.69. The molecular formula is C38H47N9O6. The van der Waals surface area contributed by atoms with Gasteiger partial charge in [0.15, 0.2) is 0 Å². The van der Waals surface area contributed by atoms with Crippen molar-refractivity contribution >= 4 is 40.7 Å². The van der Waals surface area contributed by atoms with Crippen LogP contribution < -0.4 is 16.0 Å². The van der Waals surface area contributed by atoms with Crippen LogP contribution in [0.1, 0.15) is 58.8 Å². The van der Waals surface area contributed by atoms with E-state index in [4.69, 9.17) is 9.47 Å². The zero-order chi connectivity index (χ0) is 37.5. The maximum atomic E-state index is 13.2. The minimum atomic E-state index is -0.705. The molecule has 2 aromatic heterocycles. The molecule has 2 aliphatic heterocycles. The summed E-state index contributed by atoms with van der Waals surface area (Å²) in [4.78, 5) is 70.2. The van der Waals surface area contributed by atoms with Crippen molar-refractivity contribution in [3.8, 4) is 22.4 Å². The zero-order valence-electron chi connectivity index (χ0n) is 30.6. The number of aromatic nitrogens is 4. The number of rotatable bonds is 12. The van der Waals surface area contributed by atoms with Crippen LogP contribution in [0.15, 0.2) is 55.0 Å². The Labute approximate surface area is 308 Å². The summed E-state index contributed by atoms with van der Waals surface area (Å²) in [7, 11) is 0. The van der Waals surface area contributed by atoms with Gasteiger partial charge in [-0.25, -0.2) is 24.5 Å². The van der Waals surface area contributed by atoms with Crippen molar-refractivity contribution in [2.24, 2.45) is 5.92 Å². The molecule has 0 saturated carbocycles. The Balaban J connectivity index is 1.03. The van der Waals surface area contributed by atoms with E-state index in [1.807, 2.05) is 12.1 Å². The van der Waals surface area contributed by atoms with Crippen molar-refractivity contribution < 1.29 is 28.7 Å². The highest BCUT2D eigenvalue weighted by Gasteiger charge is 2.35. The summed E-state index contributed by atoms with van der Waals surface area (Å²) in [6.07, 6.45) is 6.69. The van der Waals surface area contributed by atoms with Crippen LogP contribution in [0.5, 0.6) is 0 Å². The van der Waals surface area contributed by atoms with E-state index in [1.165, 1.54) is 0 Å². The van der Waals surface area contributed by atoms with Gasteiger partial charge >= 0.3 is 12.2 Å². The summed E-state index contributed by atoms with van der Waals surface area (Å²) in [5, 5.41) is 10.6. The van der Waals surface area contributed by atoms with Crippen LogP contribution in [0.4, 0.5) is 15.5 Å². The molecular weight excluding hydrogens is 678 g/mol. The smallest absolute Gasteiger partial charge is 0.407 e. The van der Waals surface area contributed by atoms with Crippen LogP contribution in [0.25, 0.3) is 33.2 Å². The first-order chi connectivity index (χ1) is 25.6. The lowest BCUT2D eigenvalue weighted by molar-refractivity contribution is -0.134. The fourth-order valence-corrected chi connectivity index (χ4v) is 6.91. The molecule has 4 atom stereocenters. The van der Waals surface area contributed by atoms with Crippen molar-refractivity contribution in [3.05, 3.63) is 60.8 Å². The summed E-state index contributed by atoms with van der Waals surface area (Å²) in [6.45, 7) is 9.71. The quantitative estimate of drug-likeness (QED) is 0.157. The number of carbonyl (C=O) groups is 4. The average molecular weight is 726 g/mol. The number of hydrogen-bond donors (Lipinski definition) is 4. The number of alkyl carbamates (subject to hydrolysis) is 2. The molecule has 2 unspecified atom stereocenters. The number of nitrogens with zero attached hydrogens (tertiary/aromatic N) is 5. The Morgan fingerprint density at radius 3 is 2.13 bits per heavy atom. The van der Waals surface area contributed by atoms with Crippen LogP contribution in [-0.2, 0) is 19.1 Å². The Bertz CT molecular complexity index is 1930. The zero-order valence-corrected chi connectivity index (χ0v) is 30.6. The first-order valence-corrected chi connectivity index (χ1v) is 18.2. The highest BCUT2D eigenvalue weighted by Crippen LogP contribution is 2.33. The maximum absolute atomic E-state index is 13.2. The largest absolute Gasteiger partial charge is 0.450 e. The molecule has 0 spiro atoms. The van der Waals surface area contributed by atoms with Crippen LogP contribution in [0.3, 0.4) is 0 Å². The first kappa shape index (κ1) is 37.0. The molecule has 2 aromatic carbocycles. The van der Waals surface area contributed by atoms with Gasteiger partial charge in [0.2, 0.25) is 17.8 Å². The highest BCUT2D eigenvalue weighted by atomic mass is 16.6. The molecule has 2 saturated heterocycles. The van der Waals surface area contributed by atoms with Crippen LogP contribution in [-0.4, -0.2) is 105 Å². The third kappa shape index (κ3) is 8.84. The lowest BCUT2D eigenvalue weighted by Gasteiger charge is -2.26. The summed E-state index contributed by atoms with van der Waals surface area (Å²) in [5.41, 5.74) is 3.72. The number of aromatic amines is 1. The van der Waals surface area contributed by atoms with Gasteiger partial charge in [0.25, 0.3) is 0 Å². The second kappa shape index (κ2) is 16.7. The predicted octanol–water partition coefficient (Wildman–Crippen LogP) is 4.88. The average Bonchev–Trinajstić information content (AvgIpc) is 3.95. The molecule has 15 nitrogen and oxygen atoms in total. The number of anilines is 1. The minimum Gasteiger partial charge on any atom is -0.450 e. The molecule has 280 valence electrons. The second-order valence-electron chi connectivity index (χ2n) is 13.4. The fourth-order valence-electron chi connectivity index (χ4n) is 6.91. The van der Waals surface area contributed by atoms with Crippen molar-refractivity contribution in [2.75, 3.05) is 44.7 Å². The highest BCUT2D eigenvalue weighted by molar-refractivity contribution is 5.90. The number of amides is 4. The number of H-pyrrole nitrogens is 1. The number of likely N-dealkylation sites (tertiary alicyclic amines) is 2. The van der Waals surface area contributed by atoms with Gasteiger partial charge in [0, 0.05) is 49.7 Å². The minimum absolute atomic E-state index is 0.123. The Morgan fingerprint density at radius 1 is 0.811 bits per heavy atom. The third-order valence-electron chi connectivity index (χ3n) is 9.69. The number of imidazole rings is 1. The fraction of sp³-hybridized carbons (Fsp3) is 0.447. The van der Waals surface area contributed by atoms with Crippen molar-refractivity contribution in [1.29, 1.82) is 0 Å². The van der Waals surface area contributed by atoms with Crippen LogP contribution in [0, 0.1) is 5.92 Å². The van der Waals surface area contributed by atoms with E-state index in [9.17, 15) is 19.2 Å². The van der Waals surface area contributed by atoms with E-state index < -0.39 is 24.3 Å². The van der Waals surface area contributed by atoms with Crippen LogP contribution >= 0.6 is 0 Å². The molecule has 4 N–H and O–H groups in total. The molecule has 0 aliphatic carbocycles. The van der Waals surface area contributed by atoms with E-state index in [-0.39, 0.29) is 37.0 Å². The first-order valence-electron chi connectivity index (χ1n) is 18.2. The number of carbonyl (C=O) groups excluding carboxylic acids is 4. The Morgan fingerprint density at radius 2 is 1.45 bits per heavy atom. The number of nitrogens with one attached hydrogen (secondary N) is 4. The maximum Gasteiger partial charge on any atom is 0.407 e. The number of benzene rings is 2. The molecule has 4 heterocycles. The normalized spacial score (nSPS) is 18.0. The van der Waals surface area contributed by atoms with Gasteiger partial charge in [0.1, 0.15) is 17.9 Å². The van der Waals surface area contributed by atoms with Gasteiger partial charge < -0.3 is 40.2 Å². The molecule has 4 amide bonds. The topological polar surface area (TPSA) is 184 Å². The molecule has 2 fully saturated rings.